The number of hydrogen-bond acceptors (Lipinski definition) is 2. The molecule has 0 bridgehead atoms. The normalized spacial score (nSPS) is 10.3. The lowest BCUT2D eigenvalue weighted by Gasteiger charge is -2.13. The Morgan fingerprint density at radius 3 is 2.82 bits per heavy atom. The van der Waals surface area contributed by atoms with Gasteiger partial charge in [-0.3, -0.25) is 4.79 Å². The highest BCUT2D eigenvalue weighted by Gasteiger charge is 2.13. The van der Waals surface area contributed by atoms with E-state index in [1.165, 1.54) is 0 Å². The number of para-hydroxylation sites is 2. The lowest BCUT2D eigenvalue weighted by Crippen LogP contribution is -2.14. The van der Waals surface area contributed by atoms with Crippen molar-refractivity contribution in [1.82, 2.24) is 0 Å². The van der Waals surface area contributed by atoms with E-state index in [1.807, 2.05) is 30.3 Å². The SMILES string of the molecule is CCCCOc1ccccc1NC(=O)c1cc(Cl)ccc1I. The molecule has 0 heterocycles. The molecule has 0 aliphatic carbocycles. The van der Waals surface area contributed by atoms with Crippen molar-refractivity contribution in [3.05, 3.63) is 56.6 Å². The van der Waals surface area contributed by atoms with E-state index in [0.717, 1.165) is 16.4 Å². The molecule has 0 spiro atoms. The zero-order chi connectivity index (χ0) is 15.9. The maximum atomic E-state index is 12.4. The quantitative estimate of drug-likeness (QED) is 0.495. The number of nitrogens with one attached hydrogen (secondary N) is 1. The van der Waals surface area contributed by atoms with E-state index < -0.39 is 0 Å². The molecule has 0 aromatic heterocycles. The molecule has 0 saturated carbocycles. The number of carbonyl (C=O) groups is 1. The van der Waals surface area contributed by atoms with Crippen molar-refractivity contribution in [2.75, 3.05) is 11.9 Å². The van der Waals surface area contributed by atoms with Crippen LogP contribution in [0, 0.1) is 3.57 Å². The van der Waals surface area contributed by atoms with Crippen molar-refractivity contribution in [2.24, 2.45) is 0 Å². The van der Waals surface area contributed by atoms with Crippen LogP contribution in [0.5, 0.6) is 5.75 Å². The van der Waals surface area contributed by atoms with Gasteiger partial charge in [-0.2, -0.15) is 0 Å². The average Bonchev–Trinajstić information content (AvgIpc) is 2.51. The van der Waals surface area contributed by atoms with Crippen LogP contribution in [0.3, 0.4) is 0 Å². The zero-order valence-corrected chi connectivity index (χ0v) is 15.1. The number of rotatable bonds is 6. The van der Waals surface area contributed by atoms with Crippen LogP contribution in [0.25, 0.3) is 0 Å². The molecular formula is C17H17ClINO2. The van der Waals surface area contributed by atoms with Crippen molar-refractivity contribution in [2.45, 2.75) is 19.8 Å². The van der Waals surface area contributed by atoms with Crippen LogP contribution in [0.4, 0.5) is 5.69 Å². The number of unbranched alkanes of at least 4 members (excludes halogenated alkanes) is 1. The first-order valence-corrected chi connectivity index (χ1v) is 8.55. The van der Waals surface area contributed by atoms with E-state index in [-0.39, 0.29) is 5.91 Å². The third-order valence-corrected chi connectivity index (χ3v) is 4.24. The molecule has 2 aromatic carbocycles. The number of benzene rings is 2. The van der Waals surface area contributed by atoms with Gasteiger partial charge in [0.25, 0.3) is 5.91 Å². The Morgan fingerprint density at radius 2 is 2.05 bits per heavy atom. The minimum atomic E-state index is -0.196. The summed E-state index contributed by atoms with van der Waals surface area (Å²) in [6.07, 6.45) is 2.05. The van der Waals surface area contributed by atoms with Crippen LogP contribution in [-0.2, 0) is 0 Å². The highest BCUT2D eigenvalue weighted by atomic mass is 127. The summed E-state index contributed by atoms with van der Waals surface area (Å²) < 4.78 is 6.58. The lowest BCUT2D eigenvalue weighted by molar-refractivity contribution is 0.102. The molecule has 0 fully saturated rings. The summed E-state index contributed by atoms with van der Waals surface area (Å²) in [6, 6.07) is 12.7. The van der Waals surface area contributed by atoms with E-state index in [4.69, 9.17) is 16.3 Å². The first-order chi connectivity index (χ1) is 10.6. The third kappa shape index (κ3) is 4.61. The van der Waals surface area contributed by atoms with Gasteiger partial charge in [0.05, 0.1) is 17.9 Å². The van der Waals surface area contributed by atoms with Crippen molar-refractivity contribution >= 4 is 45.8 Å². The predicted molar refractivity (Wildman–Crippen MR) is 99.0 cm³/mol. The third-order valence-electron chi connectivity index (χ3n) is 3.06. The van der Waals surface area contributed by atoms with Gasteiger partial charge in [0, 0.05) is 8.59 Å². The highest BCUT2D eigenvalue weighted by Crippen LogP contribution is 2.26. The first-order valence-electron chi connectivity index (χ1n) is 7.10. The molecule has 0 aliphatic heterocycles. The zero-order valence-electron chi connectivity index (χ0n) is 12.2. The Morgan fingerprint density at radius 1 is 1.27 bits per heavy atom. The molecule has 0 unspecified atom stereocenters. The molecule has 0 atom stereocenters. The monoisotopic (exact) mass is 429 g/mol. The van der Waals surface area contributed by atoms with Gasteiger partial charge in [-0.1, -0.05) is 37.1 Å². The molecule has 2 rings (SSSR count). The summed E-state index contributed by atoms with van der Waals surface area (Å²) >= 11 is 8.09. The second kappa shape index (κ2) is 8.39. The smallest absolute Gasteiger partial charge is 0.256 e. The molecule has 116 valence electrons. The van der Waals surface area contributed by atoms with Crippen molar-refractivity contribution in [3.8, 4) is 5.75 Å². The maximum Gasteiger partial charge on any atom is 0.256 e. The standard InChI is InChI=1S/C17H17ClINO2/c1-2-3-10-22-16-7-5-4-6-15(16)20-17(21)13-11-12(18)8-9-14(13)19/h4-9,11H,2-3,10H2,1H3,(H,20,21). The summed E-state index contributed by atoms with van der Waals surface area (Å²) in [7, 11) is 0. The summed E-state index contributed by atoms with van der Waals surface area (Å²) in [6.45, 7) is 2.75. The Hall–Kier alpha value is -1.27. The molecule has 2 aromatic rings. The Labute approximate surface area is 149 Å². The highest BCUT2D eigenvalue weighted by molar-refractivity contribution is 14.1. The van der Waals surface area contributed by atoms with Crippen LogP contribution < -0.4 is 10.1 Å². The summed E-state index contributed by atoms with van der Waals surface area (Å²) in [5.74, 6) is 0.486. The van der Waals surface area contributed by atoms with Gasteiger partial charge in [0.2, 0.25) is 0 Å². The minimum Gasteiger partial charge on any atom is -0.491 e. The molecule has 3 nitrogen and oxygen atoms in total. The Balaban J connectivity index is 2.16. The fourth-order valence-corrected chi connectivity index (χ4v) is 2.64. The van der Waals surface area contributed by atoms with Gasteiger partial charge < -0.3 is 10.1 Å². The fraction of sp³-hybridized carbons (Fsp3) is 0.235. The molecule has 0 saturated heterocycles. The second-order valence-corrected chi connectivity index (χ2v) is 6.38. The van der Waals surface area contributed by atoms with Crippen LogP contribution in [0.1, 0.15) is 30.1 Å². The van der Waals surface area contributed by atoms with Gasteiger partial charge in [-0.05, 0) is 59.3 Å². The van der Waals surface area contributed by atoms with E-state index in [9.17, 15) is 4.79 Å². The largest absolute Gasteiger partial charge is 0.491 e. The van der Waals surface area contributed by atoms with E-state index in [2.05, 4.69) is 34.8 Å². The second-order valence-electron chi connectivity index (χ2n) is 4.78. The number of carbonyl (C=O) groups excluding carboxylic acids is 1. The van der Waals surface area contributed by atoms with Gasteiger partial charge >= 0.3 is 0 Å². The summed E-state index contributed by atoms with van der Waals surface area (Å²) in [5, 5.41) is 3.43. The Kier molecular flexibility index (Phi) is 6.51. The predicted octanol–water partition coefficient (Wildman–Crippen LogP) is 5.38. The fourth-order valence-electron chi connectivity index (χ4n) is 1.88. The summed E-state index contributed by atoms with van der Waals surface area (Å²) in [5.41, 5.74) is 1.22. The van der Waals surface area contributed by atoms with Crippen molar-refractivity contribution in [1.29, 1.82) is 0 Å². The van der Waals surface area contributed by atoms with Crippen LogP contribution in [0.2, 0.25) is 5.02 Å². The first kappa shape index (κ1) is 17.1. The summed E-state index contributed by atoms with van der Waals surface area (Å²) in [4.78, 5) is 12.4. The molecule has 5 heteroatoms. The van der Waals surface area contributed by atoms with Crippen molar-refractivity contribution in [3.63, 3.8) is 0 Å². The molecule has 0 aliphatic rings. The van der Waals surface area contributed by atoms with Gasteiger partial charge in [-0.25, -0.2) is 0 Å². The van der Waals surface area contributed by atoms with E-state index in [1.54, 1.807) is 12.1 Å². The van der Waals surface area contributed by atoms with Gasteiger partial charge in [0.1, 0.15) is 5.75 Å². The van der Waals surface area contributed by atoms with Crippen LogP contribution in [-0.4, -0.2) is 12.5 Å². The van der Waals surface area contributed by atoms with E-state index in [0.29, 0.717) is 28.6 Å². The lowest BCUT2D eigenvalue weighted by atomic mass is 10.2. The number of halogens is 2. The maximum absolute atomic E-state index is 12.4. The topological polar surface area (TPSA) is 38.3 Å². The van der Waals surface area contributed by atoms with Crippen molar-refractivity contribution < 1.29 is 9.53 Å². The molecule has 22 heavy (non-hydrogen) atoms. The number of hydrogen-bond donors (Lipinski definition) is 1. The van der Waals surface area contributed by atoms with Gasteiger partial charge in [-0.15, -0.1) is 0 Å². The van der Waals surface area contributed by atoms with Crippen LogP contribution >= 0.6 is 34.2 Å². The number of amides is 1. The average molecular weight is 430 g/mol. The molecule has 1 amide bonds. The minimum absolute atomic E-state index is 0.196. The molecule has 1 N–H and O–H groups in total. The number of anilines is 1. The molecular weight excluding hydrogens is 413 g/mol. The Bertz CT molecular complexity index is 661. The van der Waals surface area contributed by atoms with E-state index >= 15 is 0 Å². The van der Waals surface area contributed by atoms with Crippen LogP contribution in [0.15, 0.2) is 42.5 Å². The number of ether oxygens (including phenoxy) is 1. The van der Waals surface area contributed by atoms with Gasteiger partial charge in [0.15, 0.2) is 0 Å². The molecule has 0 radical (unpaired) electrons.